The maximum absolute atomic E-state index is 13.0. The average molecular weight is 433 g/mol. The van der Waals surface area contributed by atoms with Gasteiger partial charge in [0.1, 0.15) is 19.3 Å². The number of aryl methyl sites for hydroxylation is 2. The summed E-state index contributed by atoms with van der Waals surface area (Å²) in [4.78, 5) is 13.0. The van der Waals surface area contributed by atoms with Crippen molar-refractivity contribution in [3.8, 4) is 11.5 Å². The van der Waals surface area contributed by atoms with Crippen LogP contribution in [0, 0.1) is 13.8 Å². The maximum atomic E-state index is 13.0. The number of carbonyl (C=O) groups is 1. The minimum Gasteiger partial charge on any atom is -0.486 e. The molecule has 7 nitrogen and oxygen atoms in total. The summed E-state index contributed by atoms with van der Waals surface area (Å²) in [5.41, 5.74) is 3.56. The van der Waals surface area contributed by atoms with Crippen LogP contribution in [0.25, 0.3) is 0 Å². The quantitative estimate of drug-likeness (QED) is 0.758. The van der Waals surface area contributed by atoms with Gasteiger partial charge in [0.2, 0.25) is 15.9 Å². The molecule has 0 radical (unpaired) electrons. The van der Waals surface area contributed by atoms with E-state index in [4.69, 9.17) is 9.47 Å². The molecule has 1 N–H and O–H groups in total. The van der Waals surface area contributed by atoms with Gasteiger partial charge in [-0.2, -0.15) is 0 Å². The fourth-order valence-corrected chi connectivity index (χ4v) is 4.87. The lowest BCUT2D eigenvalue weighted by Crippen LogP contribution is -2.48. The predicted octanol–water partition coefficient (Wildman–Crippen LogP) is 3.11. The Labute approximate surface area is 178 Å². The van der Waals surface area contributed by atoms with Gasteiger partial charge in [-0.3, -0.25) is 9.10 Å². The zero-order chi connectivity index (χ0) is 22.1. The number of ether oxygens (including phenoxy) is 2. The first-order valence-corrected chi connectivity index (χ1v) is 11.7. The molecule has 0 spiro atoms. The van der Waals surface area contributed by atoms with Crippen LogP contribution in [0.2, 0.25) is 0 Å². The van der Waals surface area contributed by atoms with E-state index in [1.807, 2.05) is 32.9 Å². The van der Waals surface area contributed by atoms with Gasteiger partial charge >= 0.3 is 0 Å². The molecule has 30 heavy (non-hydrogen) atoms. The highest BCUT2D eigenvalue weighted by atomic mass is 32.2. The second kappa shape index (κ2) is 8.55. The van der Waals surface area contributed by atoms with Gasteiger partial charge in [-0.15, -0.1) is 0 Å². The number of anilines is 1. The third-order valence-electron chi connectivity index (χ3n) is 5.12. The molecule has 3 rings (SSSR count). The van der Waals surface area contributed by atoms with Crippen molar-refractivity contribution in [2.24, 2.45) is 0 Å². The molecule has 2 atom stereocenters. The highest BCUT2D eigenvalue weighted by molar-refractivity contribution is 7.92. The molecule has 162 valence electrons. The highest BCUT2D eigenvalue weighted by Gasteiger charge is 2.31. The molecule has 1 aliphatic rings. The van der Waals surface area contributed by atoms with E-state index < -0.39 is 16.1 Å². The van der Waals surface area contributed by atoms with Gasteiger partial charge in [-0.05, 0) is 51.0 Å². The van der Waals surface area contributed by atoms with Crippen LogP contribution >= 0.6 is 0 Å². The van der Waals surface area contributed by atoms with E-state index in [1.165, 1.54) is 0 Å². The number of hydrogen-bond donors (Lipinski definition) is 1. The van der Waals surface area contributed by atoms with E-state index in [0.29, 0.717) is 30.4 Å². The zero-order valence-corrected chi connectivity index (χ0v) is 18.7. The van der Waals surface area contributed by atoms with Crippen molar-refractivity contribution in [3.05, 3.63) is 53.1 Å². The smallest absolute Gasteiger partial charge is 0.244 e. The Balaban J connectivity index is 1.85. The minimum atomic E-state index is -3.73. The van der Waals surface area contributed by atoms with Crippen LogP contribution in [0.15, 0.2) is 36.4 Å². The van der Waals surface area contributed by atoms with Crippen LogP contribution < -0.4 is 19.1 Å². The first-order chi connectivity index (χ1) is 14.1. The van der Waals surface area contributed by atoms with Crippen molar-refractivity contribution in [1.29, 1.82) is 0 Å². The molecule has 0 aromatic heterocycles. The molecule has 8 heteroatoms. The summed E-state index contributed by atoms with van der Waals surface area (Å²) in [6.45, 7) is 8.29. The summed E-state index contributed by atoms with van der Waals surface area (Å²) in [6.07, 6.45) is 1.08. The molecule has 0 saturated carbocycles. The number of fused-ring (bicyclic) bond motifs is 1. The van der Waals surface area contributed by atoms with E-state index in [0.717, 1.165) is 27.3 Å². The molecular weight excluding hydrogens is 404 g/mol. The Morgan fingerprint density at radius 1 is 1.03 bits per heavy atom. The molecule has 0 unspecified atom stereocenters. The number of hydrogen-bond acceptors (Lipinski definition) is 5. The van der Waals surface area contributed by atoms with Crippen molar-refractivity contribution in [2.75, 3.05) is 23.8 Å². The molecule has 2 aromatic rings. The lowest BCUT2D eigenvalue weighted by atomic mass is 10.00. The molecule has 1 heterocycles. The minimum absolute atomic E-state index is 0.262. The molecular formula is C22H28N2O5S. The van der Waals surface area contributed by atoms with Crippen molar-refractivity contribution >= 4 is 21.6 Å². The van der Waals surface area contributed by atoms with Crippen molar-refractivity contribution in [3.63, 3.8) is 0 Å². The number of amides is 1. The van der Waals surface area contributed by atoms with Crippen molar-refractivity contribution < 1.29 is 22.7 Å². The number of nitrogens with one attached hydrogen (secondary N) is 1. The van der Waals surface area contributed by atoms with E-state index in [9.17, 15) is 13.2 Å². The van der Waals surface area contributed by atoms with Gasteiger partial charge < -0.3 is 14.8 Å². The number of rotatable bonds is 6. The standard InChI is InChI=1S/C22H28N2O5S/c1-14-6-8-19(15(2)12-14)16(3)23-22(25)17(4)24(30(5,26)27)18-7-9-20-21(13-18)29-11-10-28-20/h6-9,12-13,16-17H,10-11H2,1-5H3,(H,23,25)/t16-,17+/m0/s1. The molecule has 0 bridgehead atoms. The summed E-state index contributed by atoms with van der Waals surface area (Å²) in [5.74, 6) is 0.630. The van der Waals surface area contributed by atoms with E-state index >= 15 is 0 Å². The van der Waals surface area contributed by atoms with Crippen LogP contribution in [0.5, 0.6) is 11.5 Å². The highest BCUT2D eigenvalue weighted by Crippen LogP contribution is 2.35. The van der Waals surface area contributed by atoms with Crippen LogP contribution in [-0.2, 0) is 14.8 Å². The normalized spacial score (nSPS) is 15.2. The van der Waals surface area contributed by atoms with E-state index in [1.54, 1.807) is 25.1 Å². The van der Waals surface area contributed by atoms with Crippen LogP contribution in [-0.4, -0.2) is 39.8 Å². The lowest BCUT2D eigenvalue weighted by Gasteiger charge is -2.30. The van der Waals surface area contributed by atoms with Gasteiger partial charge in [0.25, 0.3) is 0 Å². The second-order valence-corrected chi connectivity index (χ2v) is 9.51. The third kappa shape index (κ3) is 4.70. The summed E-state index contributed by atoms with van der Waals surface area (Å²) >= 11 is 0. The average Bonchev–Trinajstić information content (AvgIpc) is 2.66. The molecule has 0 fully saturated rings. The molecule has 1 amide bonds. The van der Waals surface area contributed by atoms with Crippen molar-refractivity contribution in [2.45, 2.75) is 39.8 Å². The van der Waals surface area contributed by atoms with Gasteiger partial charge in [-0.25, -0.2) is 8.42 Å². The van der Waals surface area contributed by atoms with Crippen LogP contribution in [0.1, 0.15) is 36.6 Å². The Bertz CT molecular complexity index is 1050. The number of benzene rings is 2. The molecule has 0 aliphatic carbocycles. The third-order valence-corrected chi connectivity index (χ3v) is 6.36. The Morgan fingerprint density at radius 2 is 1.70 bits per heavy atom. The monoisotopic (exact) mass is 432 g/mol. The van der Waals surface area contributed by atoms with E-state index in [2.05, 4.69) is 11.4 Å². The Hall–Kier alpha value is -2.74. The first-order valence-electron chi connectivity index (χ1n) is 9.84. The maximum Gasteiger partial charge on any atom is 0.244 e. The molecule has 1 aliphatic heterocycles. The SMILES string of the molecule is Cc1ccc([C@H](C)NC(=O)[C@@H](C)N(c2ccc3c(c2)OCCO3)S(C)(=O)=O)c(C)c1. The van der Waals surface area contributed by atoms with Gasteiger partial charge in [-0.1, -0.05) is 23.8 Å². The number of nitrogens with zero attached hydrogens (tertiary/aromatic N) is 1. The van der Waals surface area contributed by atoms with Crippen LogP contribution in [0.4, 0.5) is 5.69 Å². The summed E-state index contributed by atoms with van der Waals surface area (Å²) in [7, 11) is -3.73. The fraction of sp³-hybridized carbons (Fsp3) is 0.409. The zero-order valence-electron chi connectivity index (χ0n) is 17.9. The topological polar surface area (TPSA) is 84.9 Å². The van der Waals surface area contributed by atoms with Gasteiger partial charge in [0, 0.05) is 6.07 Å². The predicted molar refractivity (Wildman–Crippen MR) is 117 cm³/mol. The molecule has 2 aromatic carbocycles. The largest absolute Gasteiger partial charge is 0.486 e. The second-order valence-electron chi connectivity index (χ2n) is 7.65. The van der Waals surface area contributed by atoms with Crippen molar-refractivity contribution in [1.82, 2.24) is 5.32 Å². The van der Waals surface area contributed by atoms with Crippen LogP contribution in [0.3, 0.4) is 0 Å². The number of carbonyl (C=O) groups excluding carboxylic acids is 1. The summed E-state index contributed by atoms with van der Waals surface area (Å²) in [6, 6.07) is 9.68. The van der Waals surface area contributed by atoms with Gasteiger partial charge in [0.15, 0.2) is 11.5 Å². The first kappa shape index (κ1) is 22.0. The number of sulfonamides is 1. The van der Waals surface area contributed by atoms with Gasteiger partial charge in [0.05, 0.1) is 18.0 Å². The van der Waals surface area contributed by atoms with E-state index in [-0.39, 0.29) is 11.9 Å². The Morgan fingerprint density at radius 3 is 2.33 bits per heavy atom. The summed E-state index contributed by atoms with van der Waals surface area (Å²) < 4.78 is 37.3. The fourth-order valence-electron chi connectivity index (χ4n) is 3.70. The lowest BCUT2D eigenvalue weighted by molar-refractivity contribution is -0.122. The Kier molecular flexibility index (Phi) is 6.26. The summed E-state index contributed by atoms with van der Waals surface area (Å²) in [5, 5.41) is 2.94. The molecule has 0 saturated heterocycles.